The number of carbonyl (C=O) groups excluding carboxylic acids is 1. The summed E-state index contributed by atoms with van der Waals surface area (Å²) in [6.07, 6.45) is 3.01. The maximum absolute atomic E-state index is 12.0. The van der Waals surface area contributed by atoms with Crippen LogP contribution in [0.25, 0.3) is 0 Å². The summed E-state index contributed by atoms with van der Waals surface area (Å²) in [7, 11) is 3.08. The zero-order valence-electron chi connectivity index (χ0n) is 13.3. The van der Waals surface area contributed by atoms with Crippen molar-refractivity contribution in [3.05, 3.63) is 28.3 Å². The quantitative estimate of drug-likeness (QED) is 0.565. The molecule has 0 bridgehead atoms. The summed E-state index contributed by atoms with van der Waals surface area (Å²) in [5.74, 6) is 0.360. The minimum absolute atomic E-state index is 0.110. The second kappa shape index (κ2) is 7.28. The van der Waals surface area contributed by atoms with Gasteiger partial charge in [0.1, 0.15) is 11.4 Å². The van der Waals surface area contributed by atoms with E-state index in [1.807, 2.05) is 0 Å². The fourth-order valence-corrected chi connectivity index (χ4v) is 2.34. The molecular weight excluding hydrogens is 302 g/mol. The molecule has 0 atom stereocenters. The van der Waals surface area contributed by atoms with Gasteiger partial charge in [-0.05, 0) is 36.8 Å². The zero-order chi connectivity index (χ0) is 16.9. The molecule has 1 fully saturated rings. The van der Waals surface area contributed by atoms with E-state index in [0.29, 0.717) is 18.9 Å². The molecule has 1 saturated carbocycles. The molecule has 2 amide bonds. The molecule has 1 aliphatic carbocycles. The van der Waals surface area contributed by atoms with Crippen LogP contribution in [-0.2, 0) is 4.74 Å². The average Bonchev–Trinajstić information content (AvgIpc) is 3.31. The molecule has 1 aliphatic rings. The van der Waals surface area contributed by atoms with Crippen LogP contribution in [0.4, 0.5) is 16.2 Å². The number of anilines is 1. The van der Waals surface area contributed by atoms with Gasteiger partial charge in [0.15, 0.2) is 0 Å². The SMILES string of the molecule is COCCC1(CNC(=O)Nc2ccc(OC)cc2[N+](=O)[O-])CC1. The summed E-state index contributed by atoms with van der Waals surface area (Å²) in [5.41, 5.74) is 0.0363. The normalized spacial score (nSPS) is 14.9. The Morgan fingerprint density at radius 1 is 1.39 bits per heavy atom. The Morgan fingerprint density at radius 3 is 2.70 bits per heavy atom. The summed E-state index contributed by atoms with van der Waals surface area (Å²) < 4.78 is 10.0. The molecule has 0 unspecified atom stereocenters. The van der Waals surface area contributed by atoms with Gasteiger partial charge in [-0.15, -0.1) is 0 Å². The van der Waals surface area contributed by atoms with Crippen LogP contribution >= 0.6 is 0 Å². The van der Waals surface area contributed by atoms with Crippen LogP contribution in [0.5, 0.6) is 5.75 Å². The smallest absolute Gasteiger partial charge is 0.319 e. The number of nitrogens with one attached hydrogen (secondary N) is 2. The van der Waals surface area contributed by atoms with E-state index in [1.54, 1.807) is 13.2 Å². The van der Waals surface area contributed by atoms with Gasteiger partial charge in [-0.1, -0.05) is 0 Å². The number of urea groups is 1. The predicted octanol–water partition coefficient (Wildman–Crippen LogP) is 2.54. The van der Waals surface area contributed by atoms with E-state index < -0.39 is 11.0 Å². The first-order chi connectivity index (χ1) is 11.0. The van der Waals surface area contributed by atoms with E-state index in [-0.39, 0.29) is 16.8 Å². The standard InChI is InChI=1S/C15H21N3O5/c1-22-8-7-15(5-6-15)10-16-14(19)17-12-4-3-11(23-2)9-13(12)18(20)21/h3-4,9H,5-8,10H2,1-2H3,(H2,16,17,19). The Labute approximate surface area is 134 Å². The summed E-state index contributed by atoms with van der Waals surface area (Å²) in [4.78, 5) is 22.5. The van der Waals surface area contributed by atoms with E-state index in [1.165, 1.54) is 19.2 Å². The van der Waals surface area contributed by atoms with Crippen LogP contribution in [0.15, 0.2) is 18.2 Å². The fraction of sp³-hybridized carbons (Fsp3) is 0.533. The number of hydrogen-bond acceptors (Lipinski definition) is 5. The topological polar surface area (TPSA) is 103 Å². The first kappa shape index (κ1) is 17.0. The van der Waals surface area contributed by atoms with E-state index in [4.69, 9.17) is 9.47 Å². The molecule has 0 spiro atoms. The van der Waals surface area contributed by atoms with Gasteiger partial charge in [0.2, 0.25) is 0 Å². The molecule has 8 nitrogen and oxygen atoms in total. The van der Waals surface area contributed by atoms with Crippen molar-refractivity contribution in [2.75, 3.05) is 32.7 Å². The molecule has 0 aliphatic heterocycles. The number of amides is 2. The lowest BCUT2D eigenvalue weighted by atomic mass is 10.0. The fourth-order valence-electron chi connectivity index (χ4n) is 2.34. The number of rotatable bonds is 8. The molecular formula is C15H21N3O5. The number of methoxy groups -OCH3 is 2. The lowest BCUT2D eigenvalue weighted by Gasteiger charge is -2.16. The van der Waals surface area contributed by atoms with Crippen molar-refractivity contribution in [3.8, 4) is 5.75 Å². The minimum atomic E-state index is -0.556. The Hall–Kier alpha value is -2.35. The number of nitro groups is 1. The van der Waals surface area contributed by atoms with Crippen molar-refractivity contribution in [2.24, 2.45) is 5.41 Å². The minimum Gasteiger partial charge on any atom is -0.496 e. The van der Waals surface area contributed by atoms with E-state index in [9.17, 15) is 14.9 Å². The number of ether oxygens (including phenoxy) is 2. The Bertz CT molecular complexity index is 586. The second-order valence-corrected chi connectivity index (χ2v) is 5.69. The van der Waals surface area contributed by atoms with Gasteiger partial charge in [0, 0.05) is 20.3 Å². The molecule has 23 heavy (non-hydrogen) atoms. The molecule has 0 heterocycles. The van der Waals surface area contributed by atoms with Crippen molar-refractivity contribution < 1.29 is 19.2 Å². The van der Waals surface area contributed by atoms with Crippen molar-refractivity contribution in [2.45, 2.75) is 19.3 Å². The zero-order valence-corrected chi connectivity index (χ0v) is 13.3. The molecule has 126 valence electrons. The van der Waals surface area contributed by atoms with Gasteiger partial charge in [-0.3, -0.25) is 10.1 Å². The Morgan fingerprint density at radius 2 is 2.13 bits per heavy atom. The largest absolute Gasteiger partial charge is 0.496 e. The van der Waals surface area contributed by atoms with Crippen LogP contribution < -0.4 is 15.4 Å². The van der Waals surface area contributed by atoms with Crippen LogP contribution in [0.1, 0.15) is 19.3 Å². The average molecular weight is 323 g/mol. The molecule has 0 saturated heterocycles. The van der Waals surface area contributed by atoms with Crippen molar-refractivity contribution in [1.82, 2.24) is 5.32 Å². The Kier molecular flexibility index (Phi) is 5.38. The molecule has 0 aromatic heterocycles. The first-order valence-electron chi connectivity index (χ1n) is 7.36. The molecule has 1 aromatic rings. The van der Waals surface area contributed by atoms with E-state index >= 15 is 0 Å². The molecule has 8 heteroatoms. The second-order valence-electron chi connectivity index (χ2n) is 5.69. The molecule has 2 rings (SSSR count). The summed E-state index contributed by atoms with van der Waals surface area (Å²) >= 11 is 0. The maximum atomic E-state index is 12.0. The van der Waals surface area contributed by atoms with Crippen LogP contribution in [0.2, 0.25) is 0 Å². The first-order valence-corrected chi connectivity index (χ1v) is 7.36. The van der Waals surface area contributed by atoms with E-state index in [2.05, 4.69) is 10.6 Å². The highest BCUT2D eigenvalue weighted by Crippen LogP contribution is 2.48. The van der Waals surface area contributed by atoms with Crippen molar-refractivity contribution >= 4 is 17.4 Å². The van der Waals surface area contributed by atoms with Gasteiger partial charge in [0.25, 0.3) is 5.69 Å². The lowest BCUT2D eigenvalue weighted by molar-refractivity contribution is -0.384. The highest BCUT2D eigenvalue weighted by atomic mass is 16.6. The van der Waals surface area contributed by atoms with Gasteiger partial charge < -0.3 is 20.1 Å². The number of nitro benzene ring substituents is 1. The van der Waals surface area contributed by atoms with Crippen LogP contribution in [-0.4, -0.2) is 38.3 Å². The van der Waals surface area contributed by atoms with Crippen LogP contribution in [0, 0.1) is 15.5 Å². The highest BCUT2D eigenvalue weighted by Gasteiger charge is 2.42. The van der Waals surface area contributed by atoms with Gasteiger partial charge >= 0.3 is 6.03 Å². The summed E-state index contributed by atoms with van der Waals surface area (Å²) in [5, 5.41) is 16.4. The third-order valence-corrected chi connectivity index (χ3v) is 4.07. The highest BCUT2D eigenvalue weighted by molar-refractivity contribution is 5.92. The number of nitrogens with zero attached hydrogens (tertiary/aromatic N) is 1. The number of benzene rings is 1. The maximum Gasteiger partial charge on any atom is 0.319 e. The number of hydrogen-bond donors (Lipinski definition) is 2. The summed E-state index contributed by atoms with van der Waals surface area (Å²) in [6.45, 7) is 1.19. The lowest BCUT2D eigenvalue weighted by Crippen LogP contribution is -2.34. The van der Waals surface area contributed by atoms with Gasteiger partial charge in [-0.25, -0.2) is 4.79 Å². The van der Waals surface area contributed by atoms with Gasteiger partial charge in [-0.2, -0.15) is 0 Å². The molecule has 1 aromatic carbocycles. The monoisotopic (exact) mass is 323 g/mol. The summed E-state index contributed by atoms with van der Waals surface area (Å²) in [6, 6.07) is 3.83. The molecule has 0 radical (unpaired) electrons. The molecule has 2 N–H and O–H groups in total. The van der Waals surface area contributed by atoms with Crippen molar-refractivity contribution in [1.29, 1.82) is 0 Å². The van der Waals surface area contributed by atoms with Crippen LogP contribution in [0.3, 0.4) is 0 Å². The third kappa shape index (κ3) is 4.56. The van der Waals surface area contributed by atoms with Crippen molar-refractivity contribution in [3.63, 3.8) is 0 Å². The third-order valence-electron chi connectivity index (χ3n) is 4.07. The predicted molar refractivity (Wildman–Crippen MR) is 84.8 cm³/mol. The Balaban J connectivity index is 1.94. The van der Waals surface area contributed by atoms with E-state index in [0.717, 1.165) is 19.3 Å². The van der Waals surface area contributed by atoms with Gasteiger partial charge in [0.05, 0.1) is 18.1 Å². The number of carbonyl (C=O) groups is 1.